The molecule has 0 aromatic rings. The SMILES string of the molecule is CC(C)N(CCNCC1CCCO1)C(=O)OC(C)(C)C. The molecule has 0 saturated carbocycles. The fourth-order valence-corrected chi connectivity index (χ4v) is 2.15. The van der Waals surface area contributed by atoms with Crippen LogP contribution >= 0.6 is 0 Å². The van der Waals surface area contributed by atoms with E-state index in [0.717, 1.165) is 32.5 Å². The van der Waals surface area contributed by atoms with E-state index in [1.54, 1.807) is 4.90 Å². The van der Waals surface area contributed by atoms with Crippen LogP contribution in [0.3, 0.4) is 0 Å². The molecule has 1 rings (SSSR count). The number of ether oxygens (including phenoxy) is 2. The van der Waals surface area contributed by atoms with E-state index in [4.69, 9.17) is 9.47 Å². The highest BCUT2D eigenvalue weighted by Gasteiger charge is 2.23. The number of hydrogen-bond acceptors (Lipinski definition) is 4. The minimum atomic E-state index is -0.449. The van der Waals surface area contributed by atoms with Gasteiger partial charge in [-0.25, -0.2) is 4.79 Å². The molecule has 1 fully saturated rings. The second kappa shape index (κ2) is 7.84. The number of nitrogens with one attached hydrogen (secondary N) is 1. The van der Waals surface area contributed by atoms with Gasteiger partial charge >= 0.3 is 6.09 Å². The van der Waals surface area contributed by atoms with Crippen LogP contribution in [-0.2, 0) is 9.47 Å². The van der Waals surface area contributed by atoms with Crippen LogP contribution in [0, 0.1) is 0 Å². The van der Waals surface area contributed by atoms with Crippen LogP contribution < -0.4 is 5.32 Å². The molecule has 5 heteroatoms. The summed E-state index contributed by atoms with van der Waals surface area (Å²) in [6, 6.07) is 0.134. The highest BCUT2D eigenvalue weighted by molar-refractivity contribution is 5.68. The van der Waals surface area contributed by atoms with Gasteiger partial charge in [-0.2, -0.15) is 0 Å². The van der Waals surface area contributed by atoms with Crippen molar-refractivity contribution in [1.29, 1.82) is 0 Å². The van der Waals surface area contributed by atoms with Crippen LogP contribution in [0.1, 0.15) is 47.5 Å². The molecule has 1 N–H and O–H groups in total. The van der Waals surface area contributed by atoms with Crippen molar-refractivity contribution < 1.29 is 14.3 Å². The highest BCUT2D eigenvalue weighted by Crippen LogP contribution is 2.12. The summed E-state index contributed by atoms with van der Waals surface area (Å²) in [7, 11) is 0. The Bertz CT molecular complexity index is 294. The summed E-state index contributed by atoms with van der Waals surface area (Å²) in [5.74, 6) is 0. The van der Waals surface area contributed by atoms with E-state index in [1.165, 1.54) is 0 Å². The van der Waals surface area contributed by atoms with Crippen LogP contribution in [0.5, 0.6) is 0 Å². The summed E-state index contributed by atoms with van der Waals surface area (Å²) in [6.07, 6.45) is 2.38. The molecular formula is C15H30N2O3. The quantitative estimate of drug-likeness (QED) is 0.762. The minimum Gasteiger partial charge on any atom is -0.444 e. The van der Waals surface area contributed by atoms with Gasteiger partial charge in [-0.3, -0.25) is 0 Å². The predicted molar refractivity (Wildman–Crippen MR) is 79.9 cm³/mol. The third-order valence-corrected chi connectivity index (χ3v) is 3.18. The molecular weight excluding hydrogens is 256 g/mol. The van der Waals surface area contributed by atoms with E-state index in [-0.39, 0.29) is 12.1 Å². The first-order valence-electron chi connectivity index (χ1n) is 7.61. The van der Waals surface area contributed by atoms with Crippen molar-refractivity contribution in [3.8, 4) is 0 Å². The Morgan fingerprint density at radius 3 is 2.65 bits per heavy atom. The maximum atomic E-state index is 12.1. The van der Waals surface area contributed by atoms with Crippen molar-refractivity contribution >= 4 is 6.09 Å². The topological polar surface area (TPSA) is 50.8 Å². The molecule has 0 radical (unpaired) electrons. The monoisotopic (exact) mass is 286 g/mol. The second-order valence-corrected chi connectivity index (χ2v) is 6.61. The fourth-order valence-electron chi connectivity index (χ4n) is 2.15. The number of nitrogens with zero attached hydrogens (tertiary/aromatic N) is 1. The molecule has 1 atom stereocenters. The van der Waals surface area contributed by atoms with Crippen LogP contribution in [0.4, 0.5) is 4.79 Å². The normalized spacial score (nSPS) is 19.4. The van der Waals surface area contributed by atoms with E-state index < -0.39 is 5.60 Å². The zero-order valence-electron chi connectivity index (χ0n) is 13.6. The third kappa shape index (κ3) is 6.57. The summed E-state index contributed by atoms with van der Waals surface area (Å²) in [6.45, 7) is 12.8. The van der Waals surface area contributed by atoms with Gasteiger partial charge in [-0.1, -0.05) is 0 Å². The summed E-state index contributed by atoms with van der Waals surface area (Å²) in [5, 5.41) is 3.36. The van der Waals surface area contributed by atoms with E-state index in [9.17, 15) is 4.79 Å². The minimum absolute atomic E-state index is 0.134. The Kier molecular flexibility index (Phi) is 6.76. The van der Waals surface area contributed by atoms with Gasteiger partial charge in [0.1, 0.15) is 5.60 Å². The number of carbonyl (C=O) groups excluding carboxylic acids is 1. The van der Waals surface area contributed by atoms with Gasteiger partial charge in [0.2, 0.25) is 0 Å². The number of rotatable bonds is 6. The Morgan fingerprint density at radius 1 is 1.45 bits per heavy atom. The van der Waals surface area contributed by atoms with E-state index in [0.29, 0.717) is 12.6 Å². The summed E-state index contributed by atoms with van der Waals surface area (Å²) in [4.78, 5) is 13.9. The van der Waals surface area contributed by atoms with Crippen molar-refractivity contribution in [2.45, 2.75) is 65.2 Å². The number of hydrogen-bond donors (Lipinski definition) is 1. The lowest BCUT2D eigenvalue weighted by atomic mass is 10.2. The van der Waals surface area contributed by atoms with Gasteiger partial charge in [0.15, 0.2) is 0 Å². The maximum absolute atomic E-state index is 12.1. The third-order valence-electron chi connectivity index (χ3n) is 3.18. The van der Waals surface area contributed by atoms with Gasteiger partial charge in [0.25, 0.3) is 0 Å². The molecule has 1 aliphatic rings. The van der Waals surface area contributed by atoms with E-state index in [2.05, 4.69) is 5.32 Å². The Labute approximate surface area is 123 Å². The summed E-state index contributed by atoms with van der Waals surface area (Å²) in [5.41, 5.74) is -0.449. The fraction of sp³-hybridized carbons (Fsp3) is 0.933. The Hall–Kier alpha value is -0.810. The molecule has 1 heterocycles. The van der Waals surface area contributed by atoms with Crippen LogP contribution in [0.25, 0.3) is 0 Å². The first-order valence-corrected chi connectivity index (χ1v) is 7.61. The van der Waals surface area contributed by atoms with Crippen LogP contribution in [0.2, 0.25) is 0 Å². The summed E-state index contributed by atoms with van der Waals surface area (Å²) >= 11 is 0. The standard InChI is InChI=1S/C15H30N2O3/c1-12(2)17(14(18)20-15(3,4)5)9-8-16-11-13-7-6-10-19-13/h12-13,16H,6-11H2,1-5H3. The molecule has 118 valence electrons. The lowest BCUT2D eigenvalue weighted by molar-refractivity contribution is 0.0192. The molecule has 0 aromatic carbocycles. The maximum Gasteiger partial charge on any atom is 0.410 e. The molecule has 0 spiro atoms. The molecule has 1 amide bonds. The lowest BCUT2D eigenvalue weighted by Gasteiger charge is -2.30. The van der Waals surface area contributed by atoms with Crippen LogP contribution in [0.15, 0.2) is 0 Å². The van der Waals surface area contributed by atoms with Gasteiger partial charge in [-0.15, -0.1) is 0 Å². The van der Waals surface area contributed by atoms with Crippen LogP contribution in [-0.4, -0.2) is 55.0 Å². The van der Waals surface area contributed by atoms with E-state index in [1.807, 2.05) is 34.6 Å². The molecule has 5 nitrogen and oxygen atoms in total. The smallest absolute Gasteiger partial charge is 0.410 e. The van der Waals surface area contributed by atoms with Gasteiger partial charge in [0.05, 0.1) is 6.10 Å². The number of carbonyl (C=O) groups is 1. The second-order valence-electron chi connectivity index (χ2n) is 6.61. The van der Waals surface area contributed by atoms with Crippen molar-refractivity contribution in [2.24, 2.45) is 0 Å². The zero-order valence-corrected chi connectivity index (χ0v) is 13.6. The molecule has 0 aromatic heterocycles. The molecule has 20 heavy (non-hydrogen) atoms. The average molecular weight is 286 g/mol. The van der Waals surface area contributed by atoms with Crippen molar-refractivity contribution in [3.05, 3.63) is 0 Å². The molecule has 0 bridgehead atoms. The molecule has 0 aliphatic carbocycles. The first-order chi connectivity index (χ1) is 9.29. The Morgan fingerprint density at radius 2 is 2.15 bits per heavy atom. The van der Waals surface area contributed by atoms with Crippen molar-refractivity contribution in [1.82, 2.24) is 10.2 Å². The Balaban J connectivity index is 2.29. The summed E-state index contributed by atoms with van der Waals surface area (Å²) < 4.78 is 11.0. The van der Waals surface area contributed by atoms with Gasteiger partial charge in [0, 0.05) is 32.3 Å². The zero-order chi connectivity index (χ0) is 15.2. The van der Waals surface area contributed by atoms with Crippen molar-refractivity contribution in [2.75, 3.05) is 26.2 Å². The number of amides is 1. The van der Waals surface area contributed by atoms with Gasteiger partial charge < -0.3 is 19.7 Å². The predicted octanol–water partition coefficient (Wildman–Crippen LogP) is 2.40. The largest absolute Gasteiger partial charge is 0.444 e. The molecule has 1 aliphatic heterocycles. The highest BCUT2D eigenvalue weighted by atomic mass is 16.6. The first kappa shape index (κ1) is 17.2. The molecule has 1 saturated heterocycles. The lowest BCUT2D eigenvalue weighted by Crippen LogP contribution is -2.44. The van der Waals surface area contributed by atoms with E-state index >= 15 is 0 Å². The van der Waals surface area contributed by atoms with Gasteiger partial charge in [-0.05, 0) is 47.5 Å². The van der Waals surface area contributed by atoms with Crippen molar-refractivity contribution in [3.63, 3.8) is 0 Å². The molecule has 1 unspecified atom stereocenters. The average Bonchev–Trinajstić information content (AvgIpc) is 2.78.